The molecule has 1 aliphatic heterocycles. The first-order valence-electron chi connectivity index (χ1n) is 14.1. The lowest BCUT2D eigenvalue weighted by Gasteiger charge is -2.24. The van der Waals surface area contributed by atoms with Crippen LogP contribution in [-0.4, -0.2) is 45.7 Å². The van der Waals surface area contributed by atoms with E-state index in [-0.39, 0.29) is 30.3 Å². The van der Waals surface area contributed by atoms with E-state index < -0.39 is 47.0 Å². The Hall–Kier alpha value is -4.36. The number of nitrogens with zero attached hydrogens (tertiary/aromatic N) is 4. The fraction of sp³-hybridized carbons (Fsp3) is 0.419. The van der Waals surface area contributed by atoms with Crippen molar-refractivity contribution in [3.05, 3.63) is 71.1 Å². The number of halogens is 6. The first kappa shape index (κ1) is 33.5. The fourth-order valence-electron chi connectivity index (χ4n) is 4.64. The third-order valence-corrected chi connectivity index (χ3v) is 6.68. The van der Waals surface area contributed by atoms with E-state index >= 15 is 0 Å². The number of rotatable bonds is 7. The summed E-state index contributed by atoms with van der Waals surface area (Å²) in [4.78, 5) is 22.3. The lowest BCUT2D eigenvalue weighted by molar-refractivity contribution is -0.139. The molecule has 0 aliphatic carbocycles. The Kier molecular flexibility index (Phi) is 9.93. The highest BCUT2D eigenvalue weighted by Gasteiger charge is 2.36. The van der Waals surface area contributed by atoms with Crippen LogP contribution in [0.2, 0.25) is 0 Å². The topological polar surface area (TPSA) is 90.0 Å². The second-order valence-electron chi connectivity index (χ2n) is 11.3. The van der Waals surface area contributed by atoms with Crippen molar-refractivity contribution in [1.29, 1.82) is 0 Å². The number of carbonyl (C=O) groups is 1. The molecule has 0 unspecified atom stereocenters. The van der Waals surface area contributed by atoms with Crippen molar-refractivity contribution >= 4 is 18.0 Å². The van der Waals surface area contributed by atoms with Crippen LogP contribution < -0.4 is 4.74 Å². The molecular formula is C31H32F6N4O4. The normalized spacial score (nSPS) is 16.4. The van der Waals surface area contributed by atoms with Crippen LogP contribution in [0.15, 0.2) is 58.1 Å². The van der Waals surface area contributed by atoms with Gasteiger partial charge in [0.05, 0.1) is 17.7 Å². The van der Waals surface area contributed by atoms with Crippen molar-refractivity contribution in [2.75, 3.05) is 13.2 Å². The van der Waals surface area contributed by atoms with E-state index in [9.17, 15) is 31.1 Å². The minimum atomic E-state index is -4.74. The highest BCUT2D eigenvalue weighted by atomic mass is 19.4. The molecule has 2 heterocycles. The number of hydrogen-bond acceptors (Lipinski definition) is 6. The third-order valence-electron chi connectivity index (χ3n) is 6.68. The number of aliphatic imine (C=N–C) groups is 1. The summed E-state index contributed by atoms with van der Waals surface area (Å²) < 4.78 is 96.1. The zero-order valence-corrected chi connectivity index (χ0v) is 25.0. The van der Waals surface area contributed by atoms with Gasteiger partial charge in [0.25, 0.3) is 0 Å². The van der Waals surface area contributed by atoms with Gasteiger partial charge in [-0.3, -0.25) is 0 Å². The Bertz CT molecular complexity index is 1540. The van der Waals surface area contributed by atoms with Crippen molar-refractivity contribution in [2.45, 2.75) is 71.0 Å². The molecule has 2 aromatic carbocycles. The van der Waals surface area contributed by atoms with E-state index in [1.165, 1.54) is 24.3 Å². The van der Waals surface area contributed by atoms with Crippen LogP contribution in [0.4, 0.5) is 31.1 Å². The van der Waals surface area contributed by atoms with Gasteiger partial charge in [0.1, 0.15) is 23.2 Å². The Morgan fingerprint density at radius 2 is 1.78 bits per heavy atom. The number of benzene rings is 2. The maximum absolute atomic E-state index is 14.0. The van der Waals surface area contributed by atoms with Gasteiger partial charge in [0.2, 0.25) is 11.7 Å². The predicted molar refractivity (Wildman–Crippen MR) is 153 cm³/mol. The van der Waals surface area contributed by atoms with E-state index in [0.717, 1.165) is 24.6 Å². The largest absolute Gasteiger partial charge is 0.493 e. The molecule has 0 bridgehead atoms. The maximum atomic E-state index is 14.0. The highest BCUT2D eigenvalue weighted by Crippen LogP contribution is 2.39. The van der Waals surface area contributed by atoms with Crippen molar-refractivity contribution < 1.29 is 45.1 Å². The van der Waals surface area contributed by atoms with Crippen LogP contribution in [0.5, 0.6) is 5.75 Å². The Labute approximate surface area is 255 Å². The lowest BCUT2D eigenvalue weighted by Crippen LogP contribution is -2.30. The number of likely N-dealkylation sites (tertiary alicyclic amines) is 1. The van der Waals surface area contributed by atoms with E-state index in [4.69, 9.17) is 14.0 Å². The van der Waals surface area contributed by atoms with Gasteiger partial charge in [-0.1, -0.05) is 29.4 Å². The Balaban J connectivity index is 1.43. The summed E-state index contributed by atoms with van der Waals surface area (Å²) in [6, 6.07) is 7.52. The number of aromatic nitrogens is 2. The van der Waals surface area contributed by atoms with Crippen molar-refractivity contribution in [3.8, 4) is 17.1 Å². The number of amidine groups is 1. The number of alkyl halides is 6. The summed E-state index contributed by atoms with van der Waals surface area (Å²) in [6.45, 7) is 7.29. The Morgan fingerprint density at radius 3 is 2.42 bits per heavy atom. The Morgan fingerprint density at radius 1 is 1.07 bits per heavy atom. The maximum Gasteiger partial charge on any atom is 0.435 e. The van der Waals surface area contributed by atoms with Gasteiger partial charge < -0.3 is 18.9 Å². The van der Waals surface area contributed by atoms with Crippen LogP contribution in [0.1, 0.15) is 75.6 Å². The summed E-state index contributed by atoms with van der Waals surface area (Å²) >= 11 is 0. The zero-order valence-electron chi connectivity index (χ0n) is 25.0. The first-order chi connectivity index (χ1) is 21.0. The molecule has 1 aromatic heterocycles. The standard InChI is InChI=1S/C31H32F6N4O4/c1-19(38-28(42)44-29(2,3)4)41-16-7-9-24(41)27-39-26(40-45-27)21-12-15-25(23(18-21)31(35,36)37)43-17-6-5-8-20-10-13-22(14-11-20)30(32,33)34/h5,8,10-15,18,24H,6-7,9,16-17H2,1-4H3/b8-5+,38-19-/t24-/m0/s1. The third kappa shape index (κ3) is 9.08. The molecule has 3 aromatic rings. The van der Waals surface area contributed by atoms with Gasteiger partial charge in [-0.2, -0.15) is 36.3 Å². The molecule has 14 heteroatoms. The second kappa shape index (κ2) is 13.3. The highest BCUT2D eigenvalue weighted by molar-refractivity contribution is 5.90. The van der Waals surface area contributed by atoms with Crippen molar-refractivity contribution in [1.82, 2.24) is 15.0 Å². The molecule has 242 valence electrons. The average Bonchev–Trinajstić information content (AvgIpc) is 3.61. The average molecular weight is 639 g/mol. The van der Waals surface area contributed by atoms with Gasteiger partial charge in [-0.25, -0.2) is 4.79 Å². The molecule has 1 fully saturated rings. The monoisotopic (exact) mass is 638 g/mol. The summed E-state index contributed by atoms with van der Waals surface area (Å²) in [5.74, 6) is 0.125. The van der Waals surface area contributed by atoms with Crippen LogP contribution in [0.25, 0.3) is 17.5 Å². The van der Waals surface area contributed by atoms with E-state index in [0.29, 0.717) is 24.4 Å². The molecule has 1 amide bonds. The quantitative estimate of drug-likeness (QED) is 0.111. The predicted octanol–water partition coefficient (Wildman–Crippen LogP) is 8.75. The molecular weight excluding hydrogens is 606 g/mol. The number of hydrogen-bond donors (Lipinski definition) is 0. The molecule has 0 saturated carbocycles. The van der Waals surface area contributed by atoms with Gasteiger partial charge in [-0.05, 0) is 82.9 Å². The van der Waals surface area contributed by atoms with Crippen molar-refractivity contribution in [3.63, 3.8) is 0 Å². The summed E-state index contributed by atoms with van der Waals surface area (Å²) in [5, 5.41) is 3.90. The minimum absolute atomic E-state index is 0.0462. The molecule has 0 spiro atoms. The fourth-order valence-corrected chi connectivity index (χ4v) is 4.64. The second-order valence-corrected chi connectivity index (χ2v) is 11.3. The van der Waals surface area contributed by atoms with Crippen LogP contribution in [0, 0.1) is 0 Å². The summed E-state index contributed by atoms with van der Waals surface area (Å²) in [6.07, 6.45) is -5.21. The van der Waals surface area contributed by atoms with Gasteiger partial charge in [0.15, 0.2) is 0 Å². The molecule has 0 radical (unpaired) electrons. The van der Waals surface area contributed by atoms with Gasteiger partial charge in [0, 0.05) is 12.1 Å². The van der Waals surface area contributed by atoms with Gasteiger partial charge in [-0.15, -0.1) is 0 Å². The molecule has 1 atom stereocenters. The van der Waals surface area contributed by atoms with E-state index in [1.807, 2.05) is 4.90 Å². The van der Waals surface area contributed by atoms with E-state index in [2.05, 4.69) is 15.1 Å². The molecule has 4 rings (SSSR count). The molecule has 1 aliphatic rings. The number of amides is 1. The van der Waals surface area contributed by atoms with Crippen LogP contribution in [-0.2, 0) is 17.1 Å². The molecule has 45 heavy (non-hydrogen) atoms. The lowest BCUT2D eigenvalue weighted by atomic mass is 10.1. The molecule has 0 N–H and O–H groups in total. The molecule has 1 saturated heterocycles. The number of ether oxygens (including phenoxy) is 2. The van der Waals surface area contributed by atoms with Gasteiger partial charge >= 0.3 is 18.4 Å². The summed E-state index contributed by atoms with van der Waals surface area (Å²) in [7, 11) is 0. The van der Waals surface area contributed by atoms with Crippen molar-refractivity contribution in [2.24, 2.45) is 4.99 Å². The smallest absolute Gasteiger partial charge is 0.435 e. The zero-order chi connectivity index (χ0) is 33.0. The van der Waals surface area contributed by atoms with E-state index in [1.54, 1.807) is 39.8 Å². The summed E-state index contributed by atoms with van der Waals surface area (Å²) in [5.41, 5.74) is -1.94. The molecule has 8 nitrogen and oxygen atoms in total. The minimum Gasteiger partial charge on any atom is -0.493 e. The number of carbonyl (C=O) groups excluding carboxylic acids is 1. The first-order valence-corrected chi connectivity index (χ1v) is 14.1. The van der Waals surface area contributed by atoms with Crippen LogP contribution >= 0.6 is 0 Å². The SMILES string of the molecule is C/C(=N/C(=O)OC(C)(C)C)N1CCC[C@H]1c1nc(-c2ccc(OCC/C=C/c3ccc(C(F)(F)F)cc3)c(C(F)(F)F)c2)no1. The van der Waals surface area contributed by atoms with Crippen LogP contribution in [0.3, 0.4) is 0 Å².